The van der Waals surface area contributed by atoms with Gasteiger partial charge in [0, 0.05) is 6.42 Å². The monoisotopic (exact) mass is 354 g/mol. The van der Waals surface area contributed by atoms with E-state index in [1.54, 1.807) is 6.20 Å². The standard InChI is InChI=1S/C24H22N2O/c1-3-19-8-6-7-11-23(19)26-17(2)22(16-25-26)24(27)15-18-12-13-20-9-4-5-10-21(20)14-18/h4-14,16H,3,15H2,1-2H3. The van der Waals surface area contributed by atoms with E-state index in [-0.39, 0.29) is 5.78 Å². The lowest BCUT2D eigenvalue weighted by atomic mass is 10.0. The van der Waals surface area contributed by atoms with Gasteiger partial charge in [0.1, 0.15) is 0 Å². The highest BCUT2D eigenvalue weighted by atomic mass is 16.1. The second-order valence-corrected chi connectivity index (χ2v) is 6.82. The maximum atomic E-state index is 12.9. The largest absolute Gasteiger partial charge is 0.294 e. The zero-order valence-electron chi connectivity index (χ0n) is 15.6. The van der Waals surface area contributed by atoms with Crippen molar-refractivity contribution in [3.8, 4) is 5.69 Å². The summed E-state index contributed by atoms with van der Waals surface area (Å²) in [6, 6.07) is 22.6. The molecule has 0 bridgehead atoms. The molecule has 27 heavy (non-hydrogen) atoms. The van der Waals surface area contributed by atoms with Crippen LogP contribution >= 0.6 is 0 Å². The van der Waals surface area contributed by atoms with Crippen LogP contribution in [0.3, 0.4) is 0 Å². The van der Waals surface area contributed by atoms with Crippen molar-refractivity contribution in [2.75, 3.05) is 0 Å². The van der Waals surface area contributed by atoms with Crippen LogP contribution in [0.5, 0.6) is 0 Å². The Morgan fingerprint density at radius 2 is 1.70 bits per heavy atom. The smallest absolute Gasteiger partial charge is 0.170 e. The van der Waals surface area contributed by atoms with Gasteiger partial charge in [-0.1, -0.05) is 67.6 Å². The number of ketones is 1. The van der Waals surface area contributed by atoms with Crippen LogP contribution in [0.2, 0.25) is 0 Å². The molecule has 4 aromatic rings. The Balaban J connectivity index is 1.63. The Bertz CT molecular complexity index is 1120. The van der Waals surface area contributed by atoms with Crippen LogP contribution in [-0.4, -0.2) is 15.6 Å². The van der Waals surface area contributed by atoms with Crippen molar-refractivity contribution < 1.29 is 4.79 Å². The summed E-state index contributed by atoms with van der Waals surface area (Å²) in [6.45, 7) is 4.09. The van der Waals surface area contributed by atoms with Gasteiger partial charge >= 0.3 is 0 Å². The molecule has 0 N–H and O–H groups in total. The van der Waals surface area contributed by atoms with Crippen LogP contribution in [0.15, 0.2) is 72.9 Å². The average molecular weight is 354 g/mol. The molecule has 0 amide bonds. The molecule has 1 heterocycles. The zero-order valence-corrected chi connectivity index (χ0v) is 15.6. The Morgan fingerprint density at radius 3 is 2.52 bits per heavy atom. The van der Waals surface area contributed by atoms with Gasteiger partial charge in [0.2, 0.25) is 0 Å². The SMILES string of the molecule is CCc1ccccc1-n1ncc(C(=O)Cc2ccc3ccccc3c2)c1C. The normalized spacial score (nSPS) is 11.0. The van der Waals surface area contributed by atoms with Crippen LogP contribution in [0.25, 0.3) is 16.5 Å². The first-order valence-electron chi connectivity index (χ1n) is 9.31. The molecular weight excluding hydrogens is 332 g/mol. The van der Waals surface area contributed by atoms with Crippen molar-refractivity contribution in [2.45, 2.75) is 26.7 Å². The minimum Gasteiger partial charge on any atom is -0.294 e. The van der Waals surface area contributed by atoms with Gasteiger partial charge in [-0.05, 0) is 41.3 Å². The fraction of sp³-hybridized carbons (Fsp3) is 0.167. The van der Waals surface area contributed by atoms with Crippen LogP contribution in [0.1, 0.15) is 34.1 Å². The third kappa shape index (κ3) is 3.28. The number of fused-ring (bicyclic) bond motifs is 1. The summed E-state index contributed by atoms with van der Waals surface area (Å²) >= 11 is 0. The molecule has 0 radical (unpaired) electrons. The number of aryl methyl sites for hydroxylation is 1. The number of benzene rings is 3. The van der Waals surface area contributed by atoms with Gasteiger partial charge in [0.05, 0.1) is 23.1 Å². The molecule has 3 aromatic carbocycles. The van der Waals surface area contributed by atoms with Crippen molar-refractivity contribution in [2.24, 2.45) is 0 Å². The van der Waals surface area contributed by atoms with E-state index in [2.05, 4.69) is 48.4 Å². The molecule has 0 spiro atoms. The van der Waals surface area contributed by atoms with E-state index in [1.807, 2.05) is 41.9 Å². The maximum Gasteiger partial charge on any atom is 0.170 e. The lowest BCUT2D eigenvalue weighted by molar-refractivity contribution is 0.0992. The lowest BCUT2D eigenvalue weighted by Crippen LogP contribution is -2.07. The van der Waals surface area contributed by atoms with E-state index in [1.165, 1.54) is 10.9 Å². The van der Waals surface area contributed by atoms with Crippen molar-refractivity contribution in [3.05, 3.63) is 95.3 Å². The van der Waals surface area contributed by atoms with Gasteiger partial charge in [-0.25, -0.2) is 4.68 Å². The predicted octanol–water partition coefficient (Wildman–Crippen LogP) is 5.32. The molecule has 0 aliphatic heterocycles. The van der Waals surface area contributed by atoms with Crippen molar-refractivity contribution >= 4 is 16.6 Å². The predicted molar refractivity (Wildman–Crippen MR) is 110 cm³/mol. The summed E-state index contributed by atoms with van der Waals surface area (Å²) in [4.78, 5) is 12.9. The molecule has 0 unspecified atom stereocenters. The molecule has 1 aromatic heterocycles. The Kier molecular flexibility index (Phi) is 4.59. The van der Waals surface area contributed by atoms with Crippen LogP contribution in [0.4, 0.5) is 0 Å². The third-order valence-corrected chi connectivity index (χ3v) is 5.09. The minimum atomic E-state index is 0.100. The number of aromatic nitrogens is 2. The maximum absolute atomic E-state index is 12.9. The average Bonchev–Trinajstić information content (AvgIpc) is 3.09. The van der Waals surface area contributed by atoms with Crippen LogP contribution in [0, 0.1) is 6.92 Å². The van der Waals surface area contributed by atoms with E-state index >= 15 is 0 Å². The molecule has 3 heteroatoms. The van der Waals surface area contributed by atoms with Crippen molar-refractivity contribution in [1.82, 2.24) is 9.78 Å². The summed E-state index contributed by atoms with van der Waals surface area (Å²) in [5.74, 6) is 0.100. The highest BCUT2D eigenvalue weighted by molar-refractivity contribution is 5.99. The number of nitrogens with zero attached hydrogens (tertiary/aromatic N) is 2. The van der Waals surface area contributed by atoms with Crippen molar-refractivity contribution in [1.29, 1.82) is 0 Å². The Morgan fingerprint density at radius 1 is 0.963 bits per heavy atom. The molecule has 0 aliphatic rings. The number of carbonyl (C=O) groups excluding carboxylic acids is 1. The Hall–Kier alpha value is -3.20. The summed E-state index contributed by atoms with van der Waals surface area (Å²) < 4.78 is 1.88. The fourth-order valence-corrected chi connectivity index (χ4v) is 3.57. The van der Waals surface area contributed by atoms with Gasteiger partial charge in [0.15, 0.2) is 5.78 Å². The Labute approximate surface area is 159 Å². The second kappa shape index (κ2) is 7.20. The minimum absolute atomic E-state index is 0.100. The lowest BCUT2D eigenvalue weighted by Gasteiger charge is -2.10. The molecule has 4 rings (SSSR count). The zero-order chi connectivity index (χ0) is 18.8. The van der Waals surface area contributed by atoms with Crippen LogP contribution in [-0.2, 0) is 12.8 Å². The molecular formula is C24H22N2O. The number of carbonyl (C=O) groups is 1. The number of para-hydroxylation sites is 1. The summed E-state index contributed by atoms with van der Waals surface area (Å²) in [5, 5.41) is 6.85. The summed E-state index contributed by atoms with van der Waals surface area (Å²) in [5.41, 5.74) is 4.87. The van der Waals surface area contributed by atoms with Crippen LogP contribution < -0.4 is 0 Å². The molecule has 0 saturated carbocycles. The first-order valence-corrected chi connectivity index (χ1v) is 9.31. The number of hydrogen-bond acceptors (Lipinski definition) is 2. The van der Waals surface area contributed by atoms with E-state index in [4.69, 9.17) is 0 Å². The second-order valence-electron chi connectivity index (χ2n) is 6.82. The first kappa shape index (κ1) is 17.2. The van der Waals surface area contributed by atoms with Crippen molar-refractivity contribution in [3.63, 3.8) is 0 Å². The summed E-state index contributed by atoms with van der Waals surface area (Å²) in [7, 11) is 0. The van der Waals surface area contributed by atoms with Gasteiger partial charge in [-0.3, -0.25) is 4.79 Å². The molecule has 134 valence electrons. The number of hydrogen-bond donors (Lipinski definition) is 0. The summed E-state index contributed by atoms with van der Waals surface area (Å²) in [6.07, 6.45) is 3.01. The molecule has 3 nitrogen and oxygen atoms in total. The molecule has 0 saturated heterocycles. The van der Waals surface area contributed by atoms with Gasteiger partial charge < -0.3 is 0 Å². The topological polar surface area (TPSA) is 34.9 Å². The van der Waals surface area contributed by atoms with Gasteiger partial charge in [-0.2, -0.15) is 5.10 Å². The van der Waals surface area contributed by atoms with E-state index in [9.17, 15) is 4.79 Å². The fourth-order valence-electron chi connectivity index (χ4n) is 3.57. The van der Waals surface area contributed by atoms with Gasteiger partial charge in [0.25, 0.3) is 0 Å². The van der Waals surface area contributed by atoms with E-state index in [0.717, 1.165) is 28.8 Å². The van der Waals surface area contributed by atoms with E-state index < -0.39 is 0 Å². The third-order valence-electron chi connectivity index (χ3n) is 5.09. The first-order chi connectivity index (χ1) is 13.2. The molecule has 0 fully saturated rings. The highest BCUT2D eigenvalue weighted by Crippen LogP contribution is 2.21. The number of Topliss-reactive ketones (excluding diaryl/α,β-unsaturated/α-hetero) is 1. The number of rotatable bonds is 5. The highest BCUT2D eigenvalue weighted by Gasteiger charge is 2.16. The molecule has 0 atom stereocenters. The quantitative estimate of drug-likeness (QED) is 0.455. The molecule has 0 aliphatic carbocycles. The van der Waals surface area contributed by atoms with E-state index in [0.29, 0.717) is 12.0 Å². The van der Waals surface area contributed by atoms with Gasteiger partial charge in [-0.15, -0.1) is 0 Å².